The highest BCUT2D eigenvalue weighted by atomic mass is 79.9. The Morgan fingerprint density at radius 2 is 1.89 bits per heavy atom. The lowest BCUT2D eigenvalue weighted by Gasteiger charge is -2.19. The van der Waals surface area contributed by atoms with Crippen molar-refractivity contribution in [3.8, 4) is 5.75 Å². The molecule has 2 heterocycles. The van der Waals surface area contributed by atoms with Gasteiger partial charge in [0.15, 0.2) is 6.54 Å². The summed E-state index contributed by atoms with van der Waals surface area (Å²) in [5, 5.41) is 4.67. The molecule has 5 rings (SSSR count). The van der Waals surface area contributed by atoms with Gasteiger partial charge in [0.05, 0.1) is 38.7 Å². The van der Waals surface area contributed by atoms with E-state index < -0.39 is 26.0 Å². The quantitative estimate of drug-likeness (QED) is 0.183. The summed E-state index contributed by atoms with van der Waals surface area (Å²) in [4.78, 5) is 2.93. The van der Waals surface area contributed by atoms with E-state index in [1.165, 1.54) is 6.08 Å². The van der Waals surface area contributed by atoms with Crippen molar-refractivity contribution in [2.24, 2.45) is 0 Å². The fraction of sp³-hybridized carbons (Fsp3) is 0.233. The maximum Gasteiger partial charge on any atom is 0.287 e. The van der Waals surface area contributed by atoms with Crippen molar-refractivity contribution in [3.05, 3.63) is 87.8 Å². The molecule has 1 aliphatic heterocycles. The molecule has 0 radical (unpaired) electrons. The zero-order valence-electron chi connectivity index (χ0n) is 23.8. The van der Waals surface area contributed by atoms with Gasteiger partial charge in [-0.25, -0.2) is 8.42 Å². The number of anilines is 1. The number of ether oxygens (including phenoxy) is 1. The maximum absolute atomic E-state index is 11.4. The van der Waals surface area contributed by atoms with Gasteiger partial charge in [-0.3, -0.25) is 4.55 Å². The van der Waals surface area contributed by atoms with Gasteiger partial charge in [-0.1, -0.05) is 60.4 Å². The van der Waals surface area contributed by atoms with Crippen LogP contribution < -0.4 is 31.2 Å². The molecule has 1 aliphatic rings. The number of thiazole rings is 1. The van der Waals surface area contributed by atoms with Crippen LogP contribution in [0.1, 0.15) is 24.8 Å². The summed E-state index contributed by atoms with van der Waals surface area (Å²) in [6.07, 6.45) is 6.39. The van der Waals surface area contributed by atoms with Crippen molar-refractivity contribution < 1.29 is 52.2 Å². The Morgan fingerprint density at radius 1 is 1.11 bits per heavy atom. The molecular formula is C30H30BrN2O7S4-. The van der Waals surface area contributed by atoms with Gasteiger partial charge in [0.25, 0.3) is 15.1 Å². The van der Waals surface area contributed by atoms with Gasteiger partial charge < -0.3 is 31.2 Å². The molecule has 1 N–H and O–H groups in total. The Labute approximate surface area is 275 Å². The van der Waals surface area contributed by atoms with Crippen LogP contribution in [0.5, 0.6) is 5.75 Å². The monoisotopic (exact) mass is 737 g/mol. The number of aryl methyl sites for hydroxylation is 1. The van der Waals surface area contributed by atoms with Crippen LogP contribution in [-0.2, 0) is 26.8 Å². The van der Waals surface area contributed by atoms with Crippen LogP contribution in [0.3, 0.4) is 0 Å². The molecule has 9 nitrogen and oxygen atoms in total. The second kappa shape index (κ2) is 14.1. The van der Waals surface area contributed by atoms with E-state index in [1.54, 1.807) is 30.2 Å². The number of allylic oxidation sites excluding steroid dienone is 2. The zero-order valence-corrected chi connectivity index (χ0v) is 28.7. The number of rotatable bonds is 11. The summed E-state index contributed by atoms with van der Waals surface area (Å²) in [6.45, 7) is 2.61. The highest BCUT2D eigenvalue weighted by Gasteiger charge is 2.26. The van der Waals surface area contributed by atoms with E-state index in [2.05, 4.69) is 22.8 Å². The first-order valence-electron chi connectivity index (χ1n) is 13.4. The van der Waals surface area contributed by atoms with Gasteiger partial charge >= 0.3 is 0 Å². The summed E-state index contributed by atoms with van der Waals surface area (Å²) in [6, 6.07) is 17.8. The average Bonchev–Trinajstić information content (AvgIpc) is 3.48. The maximum atomic E-state index is 11.4. The highest BCUT2D eigenvalue weighted by molar-refractivity contribution is 8.03. The number of halogens is 1. The van der Waals surface area contributed by atoms with Crippen molar-refractivity contribution in [2.45, 2.75) is 31.2 Å². The van der Waals surface area contributed by atoms with Crippen LogP contribution in [0.25, 0.3) is 27.1 Å². The lowest BCUT2D eigenvalue weighted by Crippen LogP contribution is -3.00. The number of nitrogens with zero attached hydrogens (tertiary/aromatic N) is 2. The van der Waals surface area contributed by atoms with Crippen molar-refractivity contribution in [1.82, 2.24) is 0 Å². The fourth-order valence-electron chi connectivity index (χ4n) is 4.94. The second-order valence-electron chi connectivity index (χ2n) is 9.83. The number of aromatic nitrogens is 1. The molecule has 0 spiro atoms. The number of methoxy groups -OCH3 is 1. The van der Waals surface area contributed by atoms with Crippen LogP contribution in [0.15, 0.2) is 87.7 Å². The molecule has 0 saturated heterocycles. The van der Waals surface area contributed by atoms with Crippen molar-refractivity contribution in [1.29, 1.82) is 0 Å². The van der Waals surface area contributed by atoms with Crippen LogP contribution in [-0.4, -0.2) is 45.3 Å². The molecule has 44 heavy (non-hydrogen) atoms. The van der Waals surface area contributed by atoms with E-state index in [-0.39, 0.29) is 29.9 Å². The van der Waals surface area contributed by atoms with Gasteiger partial charge in [0, 0.05) is 35.8 Å². The second-order valence-corrected chi connectivity index (χ2v) is 14.8. The lowest BCUT2D eigenvalue weighted by atomic mass is 10.1. The van der Waals surface area contributed by atoms with Gasteiger partial charge in [-0.15, -0.1) is 0 Å². The highest BCUT2D eigenvalue weighted by Crippen LogP contribution is 2.48. The summed E-state index contributed by atoms with van der Waals surface area (Å²) >= 11 is 3.14. The van der Waals surface area contributed by atoms with Gasteiger partial charge in [0.1, 0.15) is 10.4 Å². The predicted octanol–water partition coefficient (Wildman–Crippen LogP) is 2.94. The Hall–Kier alpha value is -2.72. The Morgan fingerprint density at radius 3 is 2.59 bits per heavy atom. The molecular weight excluding hydrogens is 709 g/mol. The van der Waals surface area contributed by atoms with Crippen LogP contribution in [0, 0.1) is 0 Å². The first kappa shape index (κ1) is 34.2. The minimum Gasteiger partial charge on any atom is -1.00 e. The molecule has 1 aromatic heterocycles. The number of benzene rings is 3. The van der Waals surface area contributed by atoms with Crippen molar-refractivity contribution >= 4 is 76.1 Å². The van der Waals surface area contributed by atoms with E-state index >= 15 is 0 Å². The third kappa shape index (κ3) is 8.10. The average molecular weight is 739 g/mol. The normalized spacial score (nSPS) is 15.0. The third-order valence-electron chi connectivity index (χ3n) is 6.91. The number of hydrogen-bond acceptors (Lipinski definition) is 9. The molecule has 14 heteroatoms. The van der Waals surface area contributed by atoms with Gasteiger partial charge in [-0.05, 0) is 47.7 Å². The number of thioether (sulfide) groups is 1. The first-order chi connectivity index (χ1) is 20.5. The predicted molar refractivity (Wildman–Crippen MR) is 172 cm³/mol. The van der Waals surface area contributed by atoms with E-state index in [0.29, 0.717) is 18.7 Å². The van der Waals surface area contributed by atoms with E-state index in [0.717, 1.165) is 52.6 Å². The van der Waals surface area contributed by atoms with Crippen LogP contribution in [0.4, 0.5) is 5.69 Å². The van der Waals surface area contributed by atoms with E-state index in [9.17, 15) is 25.9 Å². The van der Waals surface area contributed by atoms with Crippen molar-refractivity contribution in [2.75, 3.05) is 24.3 Å². The van der Waals surface area contributed by atoms with Crippen LogP contribution >= 0.6 is 23.1 Å². The minimum atomic E-state index is -4.34. The SMILES string of the molecule is CCC(/C=C1\Sc2ccc(OC)cc2N1C/C=C\S(=O)(=O)O)=C\c1sc2ccc3ccccc3c2[n+]1CCCS(=O)(=O)[O-].[Br-]. The number of fused-ring (bicyclic) bond motifs is 4. The molecule has 4 aromatic rings. The largest absolute Gasteiger partial charge is 1.00 e. The Kier molecular flexibility index (Phi) is 11.0. The van der Waals surface area contributed by atoms with Gasteiger partial charge in [-0.2, -0.15) is 13.0 Å². The van der Waals surface area contributed by atoms with Crippen molar-refractivity contribution in [3.63, 3.8) is 0 Å². The molecule has 0 fully saturated rings. The molecule has 234 valence electrons. The number of hydrogen-bond donors (Lipinski definition) is 1. The lowest BCUT2D eigenvalue weighted by molar-refractivity contribution is -0.667. The summed E-state index contributed by atoms with van der Waals surface area (Å²) in [5.41, 5.74) is 2.84. The topological polar surface area (TPSA) is 128 Å². The molecule has 0 amide bonds. The van der Waals surface area contributed by atoms with E-state index in [4.69, 9.17) is 4.74 Å². The third-order valence-corrected chi connectivity index (χ3v) is 10.4. The standard InChI is InChI=1S/C30H30N2O7S4.BrH/c1-3-21(18-28-31(14-6-16-42(33,34)35)25-20-23(39-2)11-13-26(25)40-28)19-29-32(15-7-17-43(36,37)38)30-24-9-5-4-8-22(24)10-12-27(30)41-29;/h4-6,8-13,16,18-20H,3,7,14-15,17H2,1-2H3,(H-,33,34,35,36,37,38);1H/p-1/b16-6-;. The molecule has 0 aliphatic carbocycles. The molecule has 0 atom stereocenters. The van der Waals surface area contributed by atoms with Gasteiger partial charge in [0.2, 0.25) is 5.52 Å². The molecule has 0 unspecified atom stereocenters. The minimum absolute atomic E-state index is 0. The summed E-state index contributed by atoms with van der Waals surface area (Å²) in [5.74, 6) is 0.217. The molecule has 0 bridgehead atoms. The smallest absolute Gasteiger partial charge is 0.287 e. The van der Waals surface area contributed by atoms with Crippen LogP contribution in [0.2, 0.25) is 0 Å². The fourth-order valence-corrected chi connectivity index (χ4v) is 8.06. The summed E-state index contributed by atoms with van der Waals surface area (Å²) < 4.78 is 74.6. The van der Waals surface area contributed by atoms with E-state index in [1.807, 2.05) is 60.4 Å². The Balaban J connectivity index is 0.00000442. The molecule has 0 saturated carbocycles. The zero-order chi connectivity index (χ0) is 30.8. The Bertz CT molecular complexity index is 2000. The summed E-state index contributed by atoms with van der Waals surface area (Å²) in [7, 11) is -7.03. The molecule has 3 aromatic carbocycles. The first-order valence-corrected chi connectivity index (χ1v) is 18.1.